The van der Waals surface area contributed by atoms with Gasteiger partial charge in [0.05, 0.1) is 0 Å². The van der Waals surface area contributed by atoms with Crippen LogP contribution in [0.15, 0.2) is 18.2 Å². The molecule has 0 radical (unpaired) electrons. The summed E-state index contributed by atoms with van der Waals surface area (Å²) in [5, 5.41) is 3.68. The van der Waals surface area contributed by atoms with E-state index in [0.29, 0.717) is 5.75 Å². The zero-order valence-electron chi connectivity index (χ0n) is 12.1. The third kappa shape index (κ3) is 4.21. The van der Waals surface area contributed by atoms with Crippen LogP contribution in [0.2, 0.25) is 0 Å². The molecular formula is C15H25NOS. The van der Waals surface area contributed by atoms with E-state index in [9.17, 15) is 4.21 Å². The molecule has 0 fully saturated rings. The van der Waals surface area contributed by atoms with Gasteiger partial charge in [0.25, 0.3) is 0 Å². The molecule has 0 aliphatic carbocycles. The van der Waals surface area contributed by atoms with Crippen LogP contribution in [0, 0.1) is 13.8 Å². The molecule has 102 valence electrons. The first-order valence-corrected chi connectivity index (χ1v) is 8.01. The van der Waals surface area contributed by atoms with Gasteiger partial charge < -0.3 is 5.32 Å². The Morgan fingerprint density at radius 1 is 1.28 bits per heavy atom. The highest BCUT2D eigenvalue weighted by Crippen LogP contribution is 2.21. The van der Waals surface area contributed by atoms with Gasteiger partial charge in [0, 0.05) is 27.8 Å². The molecule has 2 unspecified atom stereocenters. The lowest BCUT2D eigenvalue weighted by Gasteiger charge is -2.21. The number of nitrogens with one attached hydrogen (secondary N) is 1. The molecule has 3 heteroatoms. The molecule has 1 rings (SSSR count). The molecule has 0 amide bonds. The SMILES string of the molecule is CCNC(CS(=O)C(C)C)c1cc(C)ccc1C. The molecular weight excluding hydrogens is 242 g/mol. The van der Waals surface area contributed by atoms with Crippen molar-refractivity contribution in [2.24, 2.45) is 0 Å². The van der Waals surface area contributed by atoms with Crippen molar-refractivity contribution in [3.8, 4) is 0 Å². The summed E-state index contributed by atoms with van der Waals surface area (Å²) < 4.78 is 12.1. The predicted molar refractivity (Wildman–Crippen MR) is 80.5 cm³/mol. The van der Waals surface area contributed by atoms with E-state index in [0.717, 1.165) is 6.54 Å². The van der Waals surface area contributed by atoms with Gasteiger partial charge in [0.15, 0.2) is 0 Å². The summed E-state index contributed by atoms with van der Waals surface area (Å²) >= 11 is 0. The number of hydrogen-bond donors (Lipinski definition) is 1. The van der Waals surface area contributed by atoms with E-state index in [4.69, 9.17) is 0 Å². The molecule has 1 aromatic rings. The Kier molecular flexibility index (Phi) is 6.03. The van der Waals surface area contributed by atoms with E-state index >= 15 is 0 Å². The van der Waals surface area contributed by atoms with Gasteiger partial charge in [-0.15, -0.1) is 0 Å². The van der Waals surface area contributed by atoms with Crippen LogP contribution in [0.3, 0.4) is 0 Å². The monoisotopic (exact) mass is 267 g/mol. The van der Waals surface area contributed by atoms with E-state index in [1.54, 1.807) is 0 Å². The highest BCUT2D eigenvalue weighted by Gasteiger charge is 2.17. The van der Waals surface area contributed by atoms with Crippen molar-refractivity contribution in [2.45, 2.75) is 45.9 Å². The zero-order valence-corrected chi connectivity index (χ0v) is 12.9. The minimum atomic E-state index is -0.781. The largest absolute Gasteiger partial charge is 0.309 e. The zero-order chi connectivity index (χ0) is 13.7. The van der Waals surface area contributed by atoms with E-state index in [-0.39, 0.29) is 11.3 Å². The van der Waals surface area contributed by atoms with Gasteiger partial charge in [0.1, 0.15) is 0 Å². The lowest BCUT2D eigenvalue weighted by molar-refractivity contribution is 0.589. The summed E-state index contributed by atoms with van der Waals surface area (Å²) in [7, 11) is -0.781. The van der Waals surface area contributed by atoms with Gasteiger partial charge in [0.2, 0.25) is 0 Å². The van der Waals surface area contributed by atoms with Gasteiger partial charge in [-0.3, -0.25) is 4.21 Å². The lowest BCUT2D eigenvalue weighted by atomic mass is 10.00. The highest BCUT2D eigenvalue weighted by atomic mass is 32.2. The topological polar surface area (TPSA) is 29.1 Å². The average Bonchev–Trinajstić information content (AvgIpc) is 2.31. The first-order chi connectivity index (χ1) is 8.45. The van der Waals surface area contributed by atoms with Crippen LogP contribution in [-0.2, 0) is 10.8 Å². The van der Waals surface area contributed by atoms with Crippen LogP contribution in [0.1, 0.15) is 43.5 Å². The summed E-state index contributed by atoms with van der Waals surface area (Å²) in [6.45, 7) is 11.2. The third-order valence-corrected chi connectivity index (χ3v) is 4.83. The molecule has 1 aromatic carbocycles. The Bertz CT molecular complexity index is 415. The Balaban J connectivity index is 2.96. The first kappa shape index (κ1) is 15.4. The predicted octanol–water partition coefficient (Wildman–Crippen LogP) is 3.11. The van der Waals surface area contributed by atoms with Crippen molar-refractivity contribution in [3.63, 3.8) is 0 Å². The van der Waals surface area contributed by atoms with Crippen LogP contribution in [0.5, 0.6) is 0 Å². The maximum absolute atomic E-state index is 12.1. The van der Waals surface area contributed by atoms with Crippen LogP contribution >= 0.6 is 0 Å². The maximum atomic E-state index is 12.1. The number of rotatable bonds is 6. The second-order valence-electron chi connectivity index (χ2n) is 5.07. The standard InChI is InChI=1S/C15H25NOS/c1-6-16-15(10-18(17)11(2)3)14-9-12(4)7-8-13(14)5/h7-9,11,15-16H,6,10H2,1-5H3. The minimum absolute atomic E-state index is 0.193. The second-order valence-corrected chi connectivity index (χ2v) is 7.10. The summed E-state index contributed by atoms with van der Waals surface area (Å²) in [4.78, 5) is 0. The van der Waals surface area contributed by atoms with Crippen molar-refractivity contribution in [2.75, 3.05) is 12.3 Å². The van der Waals surface area contributed by atoms with E-state index in [1.165, 1.54) is 16.7 Å². The van der Waals surface area contributed by atoms with Crippen molar-refractivity contribution in [1.29, 1.82) is 0 Å². The Labute approximate surface area is 114 Å². The highest BCUT2D eigenvalue weighted by molar-refractivity contribution is 7.85. The third-order valence-electron chi connectivity index (χ3n) is 3.12. The van der Waals surface area contributed by atoms with Crippen molar-refractivity contribution < 1.29 is 4.21 Å². The van der Waals surface area contributed by atoms with E-state index < -0.39 is 10.8 Å². The fourth-order valence-corrected chi connectivity index (χ4v) is 3.01. The van der Waals surface area contributed by atoms with Crippen LogP contribution in [0.25, 0.3) is 0 Å². The summed E-state index contributed by atoms with van der Waals surface area (Å²) in [5.41, 5.74) is 3.81. The molecule has 0 saturated heterocycles. The van der Waals surface area contributed by atoms with Crippen LogP contribution in [0.4, 0.5) is 0 Å². The van der Waals surface area contributed by atoms with Crippen molar-refractivity contribution in [3.05, 3.63) is 34.9 Å². The van der Waals surface area contributed by atoms with Gasteiger partial charge in [-0.2, -0.15) is 0 Å². The Morgan fingerprint density at radius 3 is 2.50 bits per heavy atom. The van der Waals surface area contributed by atoms with Crippen molar-refractivity contribution >= 4 is 10.8 Å². The molecule has 0 bridgehead atoms. The van der Waals surface area contributed by atoms with Gasteiger partial charge in [-0.05, 0) is 31.5 Å². The minimum Gasteiger partial charge on any atom is -0.309 e. The molecule has 18 heavy (non-hydrogen) atoms. The normalized spacial score (nSPS) is 14.8. The first-order valence-electron chi connectivity index (χ1n) is 6.63. The van der Waals surface area contributed by atoms with Gasteiger partial charge >= 0.3 is 0 Å². The molecule has 2 atom stereocenters. The fourth-order valence-electron chi connectivity index (χ4n) is 2.00. The molecule has 1 N–H and O–H groups in total. The Hall–Kier alpha value is -0.670. The number of aryl methyl sites for hydroxylation is 2. The second kappa shape index (κ2) is 7.05. The molecule has 0 aromatic heterocycles. The molecule has 0 saturated carbocycles. The number of benzene rings is 1. The molecule has 0 heterocycles. The quantitative estimate of drug-likeness (QED) is 0.858. The van der Waals surface area contributed by atoms with E-state index in [1.807, 2.05) is 13.8 Å². The van der Waals surface area contributed by atoms with E-state index in [2.05, 4.69) is 44.3 Å². The molecule has 2 nitrogen and oxygen atoms in total. The smallest absolute Gasteiger partial charge is 0.0439 e. The fraction of sp³-hybridized carbons (Fsp3) is 0.600. The average molecular weight is 267 g/mol. The van der Waals surface area contributed by atoms with Crippen LogP contribution < -0.4 is 5.32 Å². The Morgan fingerprint density at radius 2 is 1.94 bits per heavy atom. The summed E-state index contributed by atoms with van der Waals surface area (Å²) in [6, 6.07) is 6.67. The maximum Gasteiger partial charge on any atom is 0.0439 e. The molecule has 0 aliphatic rings. The summed E-state index contributed by atoms with van der Waals surface area (Å²) in [5.74, 6) is 0.690. The molecule has 0 aliphatic heterocycles. The lowest BCUT2D eigenvalue weighted by Crippen LogP contribution is -2.28. The molecule has 0 spiro atoms. The van der Waals surface area contributed by atoms with Gasteiger partial charge in [-0.1, -0.05) is 44.5 Å². The number of hydrogen-bond acceptors (Lipinski definition) is 2. The van der Waals surface area contributed by atoms with Crippen molar-refractivity contribution in [1.82, 2.24) is 5.32 Å². The summed E-state index contributed by atoms with van der Waals surface area (Å²) in [6.07, 6.45) is 0. The van der Waals surface area contributed by atoms with Gasteiger partial charge in [-0.25, -0.2) is 0 Å². The van der Waals surface area contributed by atoms with Crippen LogP contribution in [-0.4, -0.2) is 21.8 Å².